The van der Waals surface area contributed by atoms with Crippen LogP contribution in [0.2, 0.25) is 0 Å². The van der Waals surface area contributed by atoms with Crippen LogP contribution in [0.5, 0.6) is 0 Å². The third-order valence-electron chi connectivity index (χ3n) is 3.86. The predicted molar refractivity (Wildman–Crippen MR) is 78.2 cm³/mol. The Labute approximate surface area is 122 Å². The molecule has 2 heterocycles. The van der Waals surface area contributed by atoms with E-state index in [0.29, 0.717) is 11.1 Å². The van der Waals surface area contributed by atoms with Crippen LogP contribution in [0.15, 0.2) is 30.6 Å². The first-order valence-electron chi connectivity index (χ1n) is 6.80. The summed E-state index contributed by atoms with van der Waals surface area (Å²) in [6.45, 7) is 5.52. The van der Waals surface area contributed by atoms with Crippen LogP contribution in [0.3, 0.4) is 0 Å². The minimum absolute atomic E-state index is 0.0145. The second kappa shape index (κ2) is 5.55. The number of nitrogens with one attached hydrogen (secondary N) is 1. The molecular weight excluding hydrogens is 270 g/mol. The number of nitrogens with zero attached hydrogens (tertiary/aromatic N) is 2. The maximum atomic E-state index is 12.5. The molecule has 6 nitrogen and oxygen atoms in total. The third-order valence-corrected chi connectivity index (χ3v) is 3.86. The van der Waals surface area contributed by atoms with Crippen LogP contribution in [0, 0.1) is 5.92 Å². The molecule has 0 saturated heterocycles. The molecule has 2 aromatic rings. The van der Waals surface area contributed by atoms with E-state index in [4.69, 9.17) is 5.11 Å². The minimum Gasteiger partial charge on any atom is -0.481 e. The fourth-order valence-electron chi connectivity index (χ4n) is 2.14. The van der Waals surface area contributed by atoms with E-state index >= 15 is 0 Å². The monoisotopic (exact) mass is 289 g/mol. The number of aliphatic carboxylic acids is 1. The molecule has 112 valence electrons. The van der Waals surface area contributed by atoms with Gasteiger partial charge in [-0.15, -0.1) is 0 Å². The van der Waals surface area contributed by atoms with E-state index < -0.39 is 11.5 Å². The van der Waals surface area contributed by atoms with Crippen molar-refractivity contribution in [2.75, 3.05) is 0 Å². The number of carboxylic acid groups (broad SMARTS) is 1. The second-order valence-corrected chi connectivity index (χ2v) is 5.69. The molecule has 0 aromatic carbocycles. The van der Waals surface area contributed by atoms with Crippen LogP contribution in [0.4, 0.5) is 0 Å². The minimum atomic E-state index is -0.939. The van der Waals surface area contributed by atoms with Gasteiger partial charge in [0.25, 0.3) is 5.91 Å². The smallest absolute Gasteiger partial charge is 0.305 e. The summed E-state index contributed by atoms with van der Waals surface area (Å²) in [7, 11) is 0. The van der Waals surface area contributed by atoms with Crippen LogP contribution >= 0.6 is 0 Å². The van der Waals surface area contributed by atoms with Gasteiger partial charge in [0.2, 0.25) is 0 Å². The SMILES string of the molecule is CC(C)C(C)(CC(=O)O)NC(=O)c1cnn2ccccc12. The molecule has 1 amide bonds. The topological polar surface area (TPSA) is 83.7 Å². The Morgan fingerprint density at radius 1 is 1.43 bits per heavy atom. The van der Waals surface area contributed by atoms with Gasteiger partial charge in [-0.25, -0.2) is 4.52 Å². The molecule has 6 heteroatoms. The normalized spacial score (nSPS) is 14.1. The van der Waals surface area contributed by atoms with Gasteiger partial charge in [-0.05, 0) is 25.0 Å². The first-order chi connectivity index (χ1) is 9.83. The summed E-state index contributed by atoms with van der Waals surface area (Å²) in [6.07, 6.45) is 3.12. The summed E-state index contributed by atoms with van der Waals surface area (Å²) in [5.74, 6) is -1.26. The number of amides is 1. The summed E-state index contributed by atoms with van der Waals surface area (Å²) < 4.78 is 1.61. The third kappa shape index (κ3) is 3.04. The predicted octanol–water partition coefficient (Wildman–Crippen LogP) is 1.95. The van der Waals surface area contributed by atoms with Crippen molar-refractivity contribution >= 4 is 17.4 Å². The first-order valence-corrected chi connectivity index (χ1v) is 6.80. The lowest BCUT2D eigenvalue weighted by Gasteiger charge is -2.33. The molecule has 2 N–H and O–H groups in total. The summed E-state index contributed by atoms with van der Waals surface area (Å²) in [4.78, 5) is 23.5. The van der Waals surface area contributed by atoms with Crippen LogP contribution in [-0.4, -0.2) is 32.1 Å². The summed E-state index contributed by atoms with van der Waals surface area (Å²) in [5, 5.41) is 16.0. The molecule has 2 aromatic heterocycles. The van der Waals surface area contributed by atoms with Crippen LogP contribution in [-0.2, 0) is 4.79 Å². The van der Waals surface area contributed by atoms with E-state index in [1.54, 1.807) is 23.7 Å². The van der Waals surface area contributed by atoms with Gasteiger partial charge >= 0.3 is 5.97 Å². The summed E-state index contributed by atoms with van der Waals surface area (Å²) in [6, 6.07) is 5.45. The highest BCUT2D eigenvalue weighted by Gasteiger charge is 2.33. The number of carboxylic acids is 1. The van der Waals surface area contributed by atoms with Gasteiger partial charge in [0, 0.05) is 6.20 Å². The number of hydrogen-bond donors (Lipinski definition) is 2. The summed E-state index contributed by atoms with van der Waals surface area (Å²) >= 11 is 0. The van der Waals surface area contributed by atoms with Crippen molar-refractivity contribution in [3.8, 4) is 0 Å². The van der Waals surface area contributed by atoms with Gasteiger partial charge in [-0.2, -0.15) is 5.10 Å². The van der Waals surface area contributed by atoms with Crippen molar-refractivity contribution in [2.45, 2.75) is 32.7 Å². The van der Waals surface area contributed by atoms with Gasteiger partial charge in [-0.3, -0.25) is 9.59 Å². The Morgan fingerprint density at radius 2 is 2.14 bits per heavy atom. The van der Waals surface area contributed by atoms with Crippen molar-refractivity contribution in [1.82, 2.24) is 14.9 Å². The lowest BCUT2D eigenvalue weighted by atomic mass is 9.85. The number of carbonyl (C=O) groups excluding carboxylic acids is 1. The Morgan fingerprint density at radius 3 is 2.76 bits per heavy atom. The molecule has 0 aliphatic rings. The number of rotatable bonds is 5. The highest BCUT2D eigenvalue weighted by atomic mass is 16.4. The number of fused-ring (bicyclic) bond motifs is 1. The van der Waals surface area contributed by atoms with Crippen molar-refractivity contribution in [1.29, 1.82) is 0 Å². The van der Waals surface area contributed by atoms with E-state index in [1.807, 2.05) is 26.0 Å². The fourth-order valence-corrected chi connectivity index (χ4v) is 2.14. The zero-order valence-electron chi connectivity index (χ0n) is 12.3. The number of pyridine rings is 1. The molecule has 2 rings (SSSR count). The highest BCUT2D eigenvalue weighted by molar-refractivity contribution is 6.01. The van der Waals surface area contributed by atoms with Crippen molar-refractivity contribution in [3.05, 3.63) is 36.2 Å². The Hall–Kier alpha value is -2.37. The largest absolute Gasteiger partial charge is 0.481 e. The van der Waals surface area contributed by atoms with E-state index in [0.717, 1.165) is 0 Å². The lowest BCUT2D eigenvalue weighted by Crippen LogP contribution is -2.51. The molecular formula is C15H19N3O3. The van der Waals surface area contributed by atoms with Gasteiger partial charge in [-0.1, -0.05) is 19.9 Å². The molecule has 0 aliphatic carbocycles. The molecule has 1 atom stereocenters. The molecule has 0 fully saturated rings. The average Bonchev–Trinajstić information content (AvgIpc) is 2.81. The van der Waals surface area contributed by atoms with Crippen molar-refractivity contribution < 1.29 is 14.7 Å². The highest BCUT2D eigenvalue weighted by Crippen LogP contribution is 2.22. The zero-order chi connectivity index (χ0) is 15.6. The first kappa shape index (κ1) is 15.0. The van der Waals surface area contributed by atoms with E-state index in [-0.39, 0.29) is 18.2 Å². The van der Waals surface area contributed by atoms with Crippen molar-refractivity contribution in [2.24, 2.45) is 5.92 Å². The molecule has 0 aliphatic heterocycles. The van der Waals surface area contributed by atoms with Crippen molar-refractivity contribution in [3.63, 3.8) is 0 Å². The van der Waals surface area contributed by atoms with Gasteiger partial charge in [0.15, 0.2) is 0 Å². The van der Waals surface area contributed by atoms with E-state index in [1.165, 1.54) is 6.20 Å². The van der Waals surface area contributed by atoms with Crippen LogP contribution in [0.1, 0.15) is 37.6 Å². The molecule has 0 saturated carbocycles. The molecule has 0 bridgehead atoms. The Balaban J connectivity index is 2.29. The number of carbonyl (C=O) groups is 2. The molecule has 1 unspecified atom stereocenters. The molecule has 21 heavy (non-hydrogen) atoms. The quantitative estimate of drug-likeness (QED) is 0.881. The molecule has 0 spiro atoms. The maximum absolute atomic E-state index is 12.5. The Kier molecular flexibility index (Phi) is 3.97. The maximum Gasteiger partial charge on any atom is 0.305 e. The average molecular weight is 289 g/mol. The zero-order valence-corrected chi connectivity index (χ0v) is 12.3. The van der Waals surface area contributed by atoms with Gasteiger partial charge in [0.05, 0.1) is 29.2 Å². The number of hydrogen-bond acceptors (Lipinski definition) is 3. The lowest BCUT2D eigenvalue weighted by molar-refractivity contribution is -0.138. The standard InChI is InChI=1S/C15H19N3O3/c1-10(2)15(3,8-13(19)20)17-14(21)11-9-16-18-7-5-4-6-12(11)18/h4-7,9-10H,8H2,1-3H3,(H,17,21)(H,19,20). The van der Waals surface area contributed by atoms with E-state index in [2.05, 4.69) is 10.4 Å². The fraction of sp³-hybridized carbons (Fsp3) is 0.400. The van der Waals surface area contributed by atoms with Crippen LogP contribution in [0.25, 0.3) is 5.52 Å². The van der Waals surface area contributed by atoms with E-state index in [9.17, 15) is 9.59 Å². The van der Waals surface area contributed by atoms with Crippen LogP contribution < -0.4 is 5.32 Å². The Bertz CT molecular complexity index is 678. The summed E-state index contributed by atoms with van der Waals surface area (Å²) in [5.41, 5.74) is 0.315. The van der Waals surface area contributed by atoms with Gasteiger partial charge < -0.3 is 10.4 Å². The van der Waals surface area contributed by atoms with Gasteiger partial charge in [0.1, 0.15) is 0 Å². The molecule has 0 radical (unpaired) electrons. The number of aromatic nitrogens is 2. The second-order valence-electron chi connectivity index (χ2n) is 5.69.